The summed E-state index contributed by atoms with van der Waals surface area (Å²) in [6.07, 6.45) is 1.86. The van der Waals surface area contributed by atoms with E-state index >= 15 is 0 Å². The van der Waals surface area contributed by atoms with Crippen molar-refractivity contribution in [2.45, 2.75) is 26.7 Å². The van der Waals surface area contributed by atoms with Gasteiger partial charge in [-0.25, -0.2) is 0 Å². The first-order valence-electron chi connectivity index (χ1n) is 7.60. The van der Waals surface area contributed by atoms with Crippen LogP contribution in [0.25, 0.3) is 0 Å². The van der Waals surface area contributed by atoms with Crippen molar-refractivity contribution in [3.05, 3.63) is 34.9 Å². The van der Waals surface area contributed by atoms with Gasteiger partial charge in [0.2, 0.25) is 0 Å². The minimum absolute atomic E-state index is 0. The maximum atomic E-state index is 5.98. The molecule has 1 rings (SSSR count). The number of hydrogen-bond donors (Lipinski definition) is 2. The van der Waals surface area contributed by atoms with Crippen molar-refractivity contribution >= 4 is 41.5 Å². The number of aliphatic imine (C=N–C) groups is 1. The zero-order valence-corrected chi connectivity index (χ0v) is 16.5. The third-order valence-corrected chi connectivity index (χ3v) is 3.10. The minimum atomic E-state index is 0. The van der Waals surface area contributed by atoms with E-state index in [4.69, 9.17) is 16.3 Å². The summed E-state index contributed by atoms with van der Waals surface area (Å²) in [5, 5.41) is 7.36. The minimum Gasteiger partial charge on any atom is -0.382 e. The van der Waals surface area contributed by atoms with Crippen molar-refractivity contribution in [3.63, 3.8) is 0 Å². The summed E-state index contributed by atoms with van der Waals surface area (Å²) < 4.78 is 5.30. The lowest BCUT2D eigenvalue weighted by Gasteiger charge is -2.11. The molecular weight excluding hydrogens is 413 g/mol. The SMILES string of the molecule is CCNC(=NCCCOCC)NCCc1cccc(Cl)c1.I. The summed E-state index contributed by atoms with van der Waals surface area (Å²) in [6, 6.07) is 7.95. The molecule has 0 atom stereocenters. The van der Waals surface area contributed by atoms with Crippen molar-refractivity contribution in [2.24, 2.45) is 4.99 Å². The lowest BCUT2D eigenvalue weighted by Crippen LogP contribution is -2.38. The van der Waals surface area contributed by atoms with Crippen LogP contribution < -0.4 is 10.6 Å². The van der Waals surface area contributed by atoms with Gasteiger partial charge in [0, 0.05) is 37.9 Å². The Kier molecular flexibility index (Phi) is 13.7. The summed E-state index contributed by atoms with van der Waals surface area (Å²) in [6.45, 7) is 8.06. The number of benzene rings is 1. The topological polar surface area (TPSA) is 45.7 Å². The molecule has 0 unspecified atom stereocenters. The average Bonchev–Trinajstić information content (AvgIpc) is 2.47. The van der Waals surface area contributed by atoms with E-state index in [1.54, 1.807) is 0 Å². The van der Waals surface area contributed by atoms with Crippen LogP contribution in [-0.4, -0.2) is 38.8 Å². The van der Waals surface area contributed by atoms with Gasteiger partial charge in [0.25, 0.3) is 0 Å². The van der Waals surface area contributed by atoms with E-state index in [-0.39, 0.29) is 24.0 Å². The molecule has 0 aliphatic heterocycles. The van der Waals surface area contributed by atoms with Gasteiger partial charge in [0.1, 0.15) is 0 Å². The van der Waals surface area contributed by atoms with Gasteiger partial charge >= 0.3 is 0 Å². The second-order valence-corrected chi connectivity index (χ2v) is 5.05. The van der Waals surface area contributed by atoms with Gasteiger partial charge < -0.3 is 15.4 Å². The fourth-order valence-corrected chi connectivity index (χ4v) is 2.07. The molecule has 1 aromatic carbocycles. The monoisotopic (exact) mass is 439 g/mol. The first-order chi connectivity index (χ1) is 10.3. The Bertz CT molecular complexity index is 430. The average molecular weight is 440 g/mol. The normalized spacial score (nSPS) is 11.0. The lowest BCUT2D eigenvalue weighted by atomic mass is 10.1. The fourth-order valence-electron chi connectivity index (χ4n) is 1.86. The summed E-state index contributed by atoms with van der Waals surface area (Å²) in [7, 11) is 0. The lowest BCUT2D eigenvalue weighted by molar-refractivity contribution is 0.146. The van der Waals surface area contributed by atoms with Crippen LogP contribution in [0.4, 0.5) is 0 Å². The van der Waals surface area contributed by atoms with Crippen molar-refractivity contribution < 1.29 is 4.74 Å². The summed E-state index contributed by atoms with van der Waals surface area (Å²) in [5.41, 5.74) is 1.22. The van der Waals surface area contributed by atoms with Crippen LogP contribution in [0.5, 0.6) is 0 Å². The molecule has 22 heavy (non-hydrogen) atoms. The zero-order chi connectivity index (χ0) is 15.3. The van der Waals surface area contributed by atoms with E-state index in [1.807, 2.05) is 25.1 Å². The molecule has 0 amide bonds. The van der Waals surface area contributed by atoms with E-state index in [0.717, 1.165) is 56.7 Å². The number of nitrogens with zero attached hydrogens (tertiary/aromatic N) is 1. The molecule has 4 nitrogen and oxygen atoms in total. The van der Waals surface area contributed by atoms with E-state index in [1.165, 1.54) is 5.56 Å². The van der Waals surface area contributed by atoms with E-state index in [9.17, 15) is 0 Å². The highest BCUT2D eigenvalue weighted by atomic mass is 127. The Morgan fingerprint density at radius 3 is 2.77 bits per heavy atom. The van der Waals surface area contributed by atoms with Gasteiger partial charge in [-0.3, -0.25) is 4.99 Å². The molecular formula is C16H27ClIN3O. The molecule has 0 radical (unpaired) electrons. The third-order valence-electron chi connectivity index (χ3n) is 2.86. The Labute approximate surface area is 156 Å². The Morgan fingerprint density at radius 1 is 1.27 bits per heavy atom. The van der Waals surface area contributed by atoms with E-state index in [2.05, 4.69) is 28.6 Å². The second kappa shape index (κ2) is 14.1. The number of nitrogens with one attached hydrogen (secondary N) is 2. The van der Waals surface area contributed by atoms with Crippen LogP contribution in [0.3, 0.4) is 0 Å². The fraction of sp³-hybridized carbons (Fsp3) is 0.562. The van der Waals surface area contributed by atoms with Crippen molar-refractivity contribution in [2.75, 3.05) is 32.8 Å². The molecule has 0 saturated heterocycles. The van der Waals surface area contributed by atoms with E-state index < -0.39 is 0 Å². The molecule has 0 heterocycles. The third kappa shape index (κ3) is 10.2. The van der Waals surface area contributed by atoms with Crippen molar-refractivity contribution in [1.82, 2.24) is 10.6 Å². The molecule has 0 bridgehead atoms. The molecule has 1 aromatic rings. The molecule has 0 fully saturated rings. The zero-order valence-electron chi connectivity index (χ0n) is 13.4. The summed E-state index contributed by atoms with van der Waals surface area (Å²) in [5.74, 6) is 0.857. The second-order valence-electron chi connectivity index (χ2n) is 4.62. The highest BCUT2D eigenvalue weighted by Gasteiger charge is 1.98. The predicted octanol–water partition coefficient (Wildman–Crippen LogP) is 3.48. The Balaban J connectivity index is 0.00000441. The molecule has 0 saturated carbocycles. The Morgan fingerprint density at radius 2 is 2.09 bits per heavy atom. The highest BCUT2D eigenvalue weighted by Crippen LogP contribution is 2.10. The number of rotatable bonds is 9. The summed E-state index contributed by atoms with van der Waals surface area (Å²) in [4.78, 5) is 4.52. The molecule has 6 heteroatoms. The molecule has 0 aliphatic carbocycles. The summed E-state index contributed by atoms with van der Waals surface area (Å²) >= 11 is 5.98. The van der Waals surface area contributed by atoms with Gasteiger partial charge in [0.15, 0.2) is 5.96 Å². The van der Waals surface area contributed by atoms with Crippen LogP contribution >= 0.6 is 35.6 Å². The molecule has 126 valence electrons. The largest absolute Gasteiger partial charge is 0.382 e. The van der Waals surface area contributed by atoms with Crippen LogP contribution in [0.15, 0.2) is 29.3 Å². The number of hydrogen-bond acceptors (Lipinski definition) is 2. The first-order valence-corrected chi connectivity index (χ1v) is 7.98. The van der Waals surface area contributed by atoms with Crippen LogP contribution in [-0.2, 0) is 11.2 Å². The molecule has 2 N–H and O–H groups in total. The van der Waals surface area contributed by atoms with Crippen LogP contribution in [0.2, 0.25) is 5.02 Å². The van der Waals surface area contributed by atoms with Gasteiger partial charge in [0.05, 0.1) is 0 Å². The molecule has 0 spiro atoms. The number of guanidine groups is 1. The highest BCUT2D eigenvalue weighted by molar-refractivity contribution is 14.0. The van der Waals surface area contributed by atoms with E-state index in [0.29, 0.717) is 0 Å². The van der Waals surface area contributed by atoms with Gasteiger partial charge in [-0.05, 0) is 44.4 Å². The maximum absolute atomic E-state index is 5.98. The van der Waals surface area contributed by atoms with Gasteiger partial charge in [-0.1, -0.05) is 23.7 Å². The van der Waals surface area contributed by atoms with Crippen molar-refractivity contribution in [1.29, 1.82) is 0 Å². The predicted molar refractivity (Wildman–Crippen MR) is 106 cm³/mol. The standard InChI is InChI=1S/C16H26ClN3O.HI/c1-3-18-16(19-10-6-12-21-4-2)20-11-9-14-7-5-8-15(17)13-14;/h5,7-8,13H,3-4,6,9-12H2,1-2H3,(H2,18,19,20);1H. The van der Waals surface area contributed by atoms with Crippen LogP contribution in [0, 0.1) is 0 Å². The number of halogens is 2. The number of ether oxygens (including phenoxy) is 1. The Hall–Kier alpha value is -0.530. The van der Waals surface area contributed by atoms with Crippen LogP contribution in [0.1, 0.15) is 25.8 Å². The molecule has 0 aliphatic rings. The van der Waals surface area contributed by atoms with Gasteiger partial charge in [-0.15, -0.1) is 24.0 Å². The first kappa shape index (κ1) is 21.5. The molecule has 0 aromatic heterocycles. The smallest absolute Gasteiger partial charge is 0.191 e. The van der Waals surface area contributed by atoms with Crippen molar-refractivity contribution in [3.8, 4) is 0 Å². The maximum Gasteiger partial charge on any atom is 0.191 e. The quantitative estimate of drug-likeness (QED) is 0.268. The van der Waals surface area contributed by atoms with Gasteiger partial charge in [-0.2, -0.15) is 0 Å².